The number of rotatable bonds is 2. The summed E-state index contributed by atoms with van der Waals surface area (Å²) >= 11 is 0. The van der Waals surface area contributed by atoms with Crippen LogP contribution in [0.15, 0.2) is 0 Å². The van der Waals surface area contributed by atoms with Crippen molar-refractivity contribution in [2.75, 3.05) is 12.3 Å². The van der Waals surface area contributed by atoms with Crippen molar-refractivity contribution in [3.63, 3.8) is 0 Å². The molecular formula is C10H17F2NO5S. The molecule has 1 fully saturated rings. The number of hydrogen-bond donors (Lipinski definition) is 1. The number of hydrogen-bond acceptors (Lipinski definition) is 4. The molecule has 1 N–H and O–H groups in total. The summed E-state index contributed by atoms with van der Waals surface area (Å²) in [5, 5.41) is 0. The first-order chi connectivity index (χ1) is 8.29. The van der Waals surface area contributed by atoms with Crippen LogP contribution in [0.25, 0.3) is 0 Å². The van der Waals surface area contributed by atoms with Crippen LogP contribution >= 0.6 is 0 Å². The van der Waals surface area contributed by atoms with Crippen LogP contribution in [0.1, 0.15) is 27.2 Å². The van der Waals surface area contributed by atoms with Crippen molar-refractivity contribution in [2.45, 2.75) is 44.8 Å². The molecule has 1 amide bonds. The highest BCUT2D eigenvalue weighted by Gasteiger charge is 2.49. The summed E-state index contributed by atoms with van der Waals surface area (Å²) < 4.78 is 61.8. The Kier molecular flexibility index (Phi) is 4.12. The summed E-state index contributed by atoms with van der Waals surface area (Å²) in [7, 11) is -4.45. The lowest BCUT2D eigenvalue weighted by Gasteiger charge is -2.27. The molecular weight excluding hydrogens is 284 g/mol. The molecule has 1 aliphatic heterocycles. The van der Waals surface area contributed by atoms with Gasteiger partial charge in [-0.1, -0.05) is 0 Å². The van der Waals surface area contributed by atoms with Gasteiger partial charge in [-0.3, -0.25) is 9.45 Å². The predicted octanol–water partition coefficient (Wildman–Crippen LogP) is 1.52. The number of alkyl halides is 2. The highest BCUT2D eigenvalue weighted by molar-refractivity contribution is 7.85. The number of halogens is 2. The van der Waals surface area contributed by atoms with E-state index < -0.39 is 52.5 Å². The summed E-state index contributed by atoms with van der Waals surface area (Å²) in [6.45, 7) is 3.78. The Labute approximate surface area is 110 Å². The molecule has 0 aromatic rings. The Morgan fingerprint density at radius 2 is 2.00 bits per heavy atom. The van der Waals surface area contributed by atoms with Crippen LogP contribution in [0.3, 0.4) is 0 Å². The van der Waals surface area contributed by atoms with Crippen molar-refractivity contribution in [1.82, 2.24) is 4.90 Å². The number of likely N-dealkylation sites (tertiary alicyclic amines) is 1. The Morgan fingerprint density at radius 3 is 2.42 bits per heavy atom. The van der Waals surface area contributed by atoms with Crippen LogP contribution in [0.5, 0.6) is 0 Å². The van der Waals surface area contributed by atoms with E-state index in [1.165, 1.54) is 0 Å². The van der Waals surface area contributed by atoms with E-state index in [1.807, 2.05) is 0 Å². The second kappa shape index (κ2) is 4.86. The fourth-order valence-corrected chi connectivity index (χ4v) is 2.61. The minimum Gasteiger partial charge on any atom is -0.444 e. The molecule has 1 atom stereocenters. The lowest BCUT2D eigenvalue weighted by Crippen LogP contribution is -2.43. The molecule has 0 radical (unpaired) electrons. The van der Waals surface area contributed by atoms with Gasteiger partial charge in [0.05, 0.1) is 18.3 Å². The zero-order valence-electron chi connectivity index (χ0n) is 10.9. The number of carbonyl (C=O) groups is 1. The minimum atomic E-state index is -4.45. The second-order valence-electron chi connectivity index (χ2n) is 5.57. The third-order valence-corrected chi connectivity index (χ3v) is 3.21. The molecule has 0 spiro atoms. The molecule has 0 aromatic carbocycles. The van der Waals surface area contributed by atoms with Crippen molar-refractivity contribution in [3.8, 4) is 0 Å². The normalized spacial score (nSPS) is 23.5. The summed E-state index contributed by atoms with van der Waals surface area (Å²) in [6, 6.07) is -1.29. The van der Waals surface area contributed by atoms with E-state index in [9.17, 15) is 22.0 Å². The predicted molar refractivity (Wildman–Crippen MR) is 62.7 cm³/mol. The van der Waals surface area contributed by atoms with Crippen LogP contribution in [0.2, 0.25) is 0 Å². The molecule has 112 valence electrons. The molecule has 1 saturated heterocycles. The molecule has 1 aliphatic rings. The molecule has 9 heteroatoms. The van der Waals surface area contributed by atoms with Gasteiger partial charge >= 0.3 is 6.09 Å². The average Bonchev–Trinajstić information content (AvgIpc) is 2.34. The van der Waals surface area contributed by atoms with E-state index in [2.05, 4.69) is 0 Å². The highest BCUT2D eigenvalue weighted by Crippen LogP contribution is 2.33. The van der Waals surface area contributed by atoms with E-state index in [0.29, 0.717) is 4.90 Å². The van der Waals surface area contributed by atoms with E-state index >= 15 is 0 Å². The smallest absolute Gasteiger partial charge is 0.410 e. The summed E-state index contributed by atoms with van der Waals surface area (Å²) in [6.07, 6.45) is -1.83. The Morgan fingerprint density at radius 1 is 1.47 bits per heavy atom. The third kappa shape index (κ3) is 5.27. The summed E-state index contributed by atoms with van der Waals surface area (Å²) in [5.41, 5.74) is -0.877. The van der Waals surface area contributed by atoms with Crippen LogP contribution in [-0.2, 0) is 14.9 Å². The first-order valence-corrected chi connectivity index (χ1v) is 7.23. The fraction of sp³-hybridized carbons (Fsp3) is 0.900. The van der Waals surface area contributed by atoms with Crippen molar-refractivity contribution in [2.24, 2.45) is 0 Å². The highest BCUT2D eigenvalue weighted by atomic mass is 32.2. The fourth-order valence-electron chi connectivity index (χ4n) is 1.82. The Hall–Kier alpha value is -0.960. The van der Waals surface area contributed by atoms with Gasteiger partial charge in [-0.25, -0.2) is 13.6 Å². The molecule has 1 heterocycles. The lowest BCUT2D eigenvalue weighted by atomic mass is 10.2. The molecule has 1 unspecified atom stereocenters. The van der Waals surface area contributed by atoms with Gasteiger partial charge in [0, 0.05) is 6.42 Å². The third-order valence-electron chi connectivity index (χ3n) is 2.41. The summed E-state index contributed by atoms with van der Waals surface area (Å²) in [4.78, 5) is 12.4. The number of carbonyl (C=O) groups excluding carboxylic acids is 1. The van der Waals surface area contributed by atoms with Gasteiger partial charge < -0.3 is 4.74 Å². The lowest BCUT2D eigenvalue weighted by molar-refractivity contribution is -0.00229. The quantitative estimate of drug-likeness (QED) is 0.782. The van der Waals surface area contributed by atoms with Gasteiger partial charge in [0.15, 0.2) is 0 Å². The standard InChI is InChI=1S/C10H17F2NO5S/c1-9(2,3)18-8(14)13-6-10(11,12)4-7(13)5-19(15,16)17/h7H,4-6H2,1-3H3,(H,15,16,17). The van der Waals surface area contributed by atoms with Gasteiger partial charge in [0.1, 0.15) is 5.60 Å². The monoisotopic (exact) mass is 301 g/mol. The summed E-state index contributed by atoms with van der Waals surface area (Å²) in [5.74, 6) is -4.12. The van der Waals surface area contributed by atoms with Gasteiger partial charge in [0.2, 0.25) is 0 Å². The van der Waals surface area contributed by atoms with E-state index in [-0.39, 0.29) is 0 Å². The van der Waals surface area contributed by atoms with Crippen molar-refractivity contribution in [1.29, 1.82) is 0 Å². The Bertz CT molecular complexity index is 457. The molecule has 1 rings (SSSR count). The largest absolute Gasteiger partial charge is 0.444 e. The molecule has 0 aliphatic carbocycles. The van der Waals surface area contributed by atoms with E-state index in [4.69, 9.17) is 9.29 Å². The SMILES string of the molecule is CC(C)(C)OC(=O)N1CC(F)(F)CC1CS(=O)(=O)O. The maximum absolute atomic E-state index is 13.3. The van der Waals surface area contributed by atoms with Crippen LogP contribution in [-0.4, -0.2) is 53.8 Å². The molecule has 0 saturated carbocycles. The van der Waals surface area contributed by atoms with E-state index in [0.717, 1.165) is 0 Å². The maximum atomic E-state index is 13.3. The van der Waals surface area contributed by atoms with Crippen molar-refractivity contribution in [3.05, 3.63) is 0 Å². The van der Waals surface area contributed by atoms with Crippen LogP contribution < -0.4 is 0 Å². The molecule has 6 nitrogen and oxygen atoms in total. The Balaban J connectivity index is 2.86. The minimum absolute atomic E-state index is 0.652. The average molecular weight is 301 g/mol. The number of nitrogens with zero attached hydrogens (tertiary/aromatic N) is 1. The topological polar surface area (TPSA) is 83.9 Å². The molecule has 19 heavy (non-hydrogen) atoms. The molecule has 0 aromatic heterocycles. The first-order valence-electron chi connectivity index (χ1n) is 5.62. The first kappa shape index (κ1) is 16.1. The van der Waals surface area contributed by atoms with Gasteiger partial charge in [-0.05, 0) is 20.8 Å². The van der Waals surface area contributed by atoms with Crippen molar-refractivity contribution < 1.29 is 31.3 Å². The second-order valence-corrected chi connectivity index (χ2v) is 7.07. The number of ether oxygens (including phenoxy) is 1. The van der Waals surface area contributed by atoms with Crippen LogP contribution in [0, 0.1) is 0 Å². The van der Waals surface area contributed by atoms with Gasteiger partial charge in [-0.2, -0.15) is 8.42 Å². The zero-order valence-corrected chi connectivity index (χ0v) is 11.7. The van der Waals surface area contributed by atoms with Gasteiger partial charge in [0.25, 0.3) is 16.0 Å². The van der Waals surface area contributed by atoms with E-state index in [1.54, 1.807) is 20.8 Å². The van der Waals surface area contributed by atoms with Crippen LogP contribution in [0.4, 0.5) is 13.6 Å². The van der Waals surface area contributed by atoms with Gasteiger partial charge in [-0.15, -0.1) is 0 Å². The zero-order chi connectivity index (χ0) is 15.1. The van der Waals surface area contributed by atoms with Crippen molar-refractivity contribution >= 4 is 16.2 Å². The maximum Gasteiger partial charge on any atom is 0.410 e. The molecule has 0 bridgehead atoms. The number of amides is 1.